The maximum absolute atomic E-state index is 11.6. The molecule has 2 aliphatic heterocycles. The average Bonchev–Trinajstić information content (AvgIpc) is 2.55. The van der Waals surface area contributed by atoms with Crippen LogP contribution in [0.2, 0.25) is 10.0 Å². The van der Waals surface area contributed by atoms with Crippen molar-refractivity contribution in [3.8, 4) is 0 Å². The van der Waals surface area contributed by atoms with Gasteiger partial charge >= 0.3 is 0 Å². The highest BCUT2D eigenvalue weighted by Crippen LogP contribution is 2.33. The third-order valence-electron chi connectivity index (χ3n) is 4.88. The van der Waals surface area contributed by atoms with Gasteiger partial charge in [0.05, 0.1) is 15.7 Å². The summed E-state index contributed by atoms with van der Waals surface area (Å²) in [4.78, 5) is 18.3. The lowest BCUT2D eigenvalue weighted by Crippen LogP contribution is -2.50. The molecule has 2 aliphatic rings. The number of amides is 1. The number of halogens is 2. The summed E-state index contributed by atoms with van der Waals surface area (Å²) < 4.78 is 0. The van der Waals surface area contributed by atoms with Crippen molar-refractivity contribution in [1.82, 2.24) is 9.80 Å². The zero-order valence-electron chi connectivity index (χ0n) is 13.5. The van der Waals surface area contributed by atoms with Gasteiger partial charge in [0.25, 0.3) is 0 Å². The number of benzene rings is 1. The lowest BCUT2D eigenvalue weighted by Gasteiger charge is -2.39. The van der Waals surface area contributed by atoms with Crippen molar-refractivity contribution in [2.75, 3.05) is 51.2 Å². The van der Waals surface area contributed by atoms with Crippen LogP contribution in [0.25, 0.3) is 0 Å². The van der Waals surface area contributed by atoms with Gasteiger partial charge in [0.15, 0.2) is 0 Å². The Labute approximate surface area is 147 Å². The molecule has 4 nitrogen and oxygen atoms in total. The quantitative estimate of drug-likeness (QED) is 0.833. The molecule has 1 atom stereocenters. The molecule has 0 bridgehead atoms. The van der Waals surface area contributed by atoms with Crippen LogP contribution in [0.3, 0.4) is 0 Å². The topological polar surface area (TPSA) is 26.8 Å². The number of piperidine rings is 1. The second kappa shape index (κ2) is 7.29. The van der Waals surface area contributed by atoms with Gasteiger partial charge in [-0.05, 0) is 24.5 Å². The van der Waals surface area contributed by atoms with Gasteiger partial charge in [-0.1, -0.05) is 29.3 Å². The van der Waals surface area contributed by atoms with Gasteiger partial charge in [0.1, 0.15) is 0 Å². The number of hydrogen-bond acceptors (Lipinski definition) is 3. The number of carbonyl (C=O) groups excluding carboxylic acids is 1. The van der Waals surface area contributed by atoms with Crippen molar-refractivity contribution in [3.63, 3.8) is 0 Å². The zero-order valence-corrected chi connectivity index (χ0v) is 15.0. The third kappa shape index (κ3) is 3.93. The number of likely N-dealkylation sites (tertiary alicyclic amines) is 1. The number of piperazine rings is 1. The van der Waals surface area contributed by atoms with E-state index in [9.17, 15) is 4.79 Å². The second-order valence-corrected chi connectivity index (χ2v) is 7.32. The lowest BCUT2D eigenvalue weighted by atomic mass is 9.97. The molecule has 126 valence electrons. The number of hydrogen-bond donors (Lipinski definition) is 0. The van der Waals surface area contributed by atoms with E-state index in [1.807, 2.05) is 30.1 Å². The van der Waals surface area contributed by atoms with Crippen LogP contribution >= 0.6 is 23.2 Å². The maximum atomic E-state index is 11.6. The summed E-state index contributed by atoms with van der Waals surface area (Å²) in [6.07, 6.45) is 1.71. The number of anilines is 1. The predicted octanol–water partition coefficient (Wildman–Crippen LogP) is 2.98. The Morgan fingerprint density at radius 2 is 1.91 bits per heavy atom. The van der Waals surface area contributed by atoms with Crippen LogP contribution in [0.4, 0.5) is 5.69 Å². The van der Waals surface area contributed by atoms with E-state index in [-0.39, 0.29) is 5.91 Å². The van der Waals surface area contributed by atoms with E-state index in [0.29, 0.717) is 22.4 Å². The molecule has 1 aromatic carbocycles. The van der Waals surface area contributed by atoms with E-state index >= 15 is 0 Å². The van der Waals surface area contributed by atoms with E-state index in [2.05, 4.69) is 9.80 Å². The first-order valence-electron chi connectivity index (χ1n) is 8.20. The maximum Gasteiger partial charge on any atom is 0.222 e. The molecule has 1 amide bonds. The first kappa shape index (κ1) is 16.9. The fourth-order valence-electron chi connectivity index (χ4n) is 3.52. The molecular weight excluding hydrogens is 333 g/mol. The van der Waals surface area contributed by atoms with Crippen molar-refractivity contribution in [3.05, 3.63) is 28.2 Å². The zero-order chi connectivity index (χ0) is 16.4. The molecule has 0 spiro atoms. The van der Waals surface area contributed by atoms with Gasteiger partial charge in [0.2, 0.25) is 5.91 Å². The minimum absolute atomic E-state index is 0.279. The number of rotatable bonds is 3. The Morgan fingerprint density at radius 3 is 2.61 bits per heavy atom. The standard InChI is InChI=1S/C17H23Cl2N3O/c1-20-11-13(5-6-16(20)23)12-21-7-9-22(10-8-21)15-4-2-3-14(18)17(15)19/h2-4,13H,5-12H2,1H3. The van der Waals surface area contributed by atoms with Gasteiger partial charge < -0.3 is 9.80 Å². The fraction of sp³-hybridized carbons (Fsp3) is 0.588. The van der Waals surface area contributed by atoms with Crippen LogP contribution in [0.5, 0.6) is 0 Å². The summed E-state index contributed by atoms with van der Waals surface area (Å²) in [5.74, 6) is 0.876. The van der Waals surface area contributed by atoms with Gasteiger partial charge in [-0.25, -0.2) is 0 Å². The van der Waals surface area contributed by atoms with E-state index in [1.54, 1.807) is 0 Å². The Morgan fingerprint density at radius 1 is 1.17 bits per heavy atom. The van der Waals surface area contributed by atoms with E-state index in [1.165, 1.54) is 0 Å². The molecule has 0 aliphatic carbocycles. The van der Waals surface area contributed by atoms with Gasteiger partial charge in [-0.3, -0.25) is 9.69 Å². The molecule has 2 saturated heterocycles. The third-order valence-corrected chi connectivity index (χ3v) is 5.69. The van der Waals surface area contributed by atoms with Crippen molar-refractivity contribution in [2.24, 2.45) is 5.92 Å². The first-order valence-corrected chi connectivity index (χ1v) is 8.95. The van der Waals surface area contributed by atoms with Crippen LogP contribution in [-0.2, 0) is 4.79 Å². The molecule has 0 saturated carbocycles. The Kier molecular flexibility index (Phi) is 5.34. The molecule has 0 aromatic heterocycles. The highest BCUT2D eigenvalue weighted by molar-refractivity contribution is 6.43. The first-order chi connectivity index (χ1) is 11.0. The molecule has 1 unspecified atom stereocenters. The van der Waals surface area contributed by atoms with Crippen LogP contribution in [0, 0.1) is 5.92 Å². The van der Waals surface area contributed by atoms with Crippen LogP contribution in [-0.4, -0.2) is 62.0 Å². The van der Waals surface area contributed by atoms with Crippen LogP contribution in [0.1, 0.15) is 12.8 Å². The molecule has 1 aromatic rings. The minimum atomic E-state index is 0.279. The van der Waals surface area contributed by atoms with Crippen molar-refractivity contribution in [2.45, 2.75) is 12.8 Å². The van der Waals surface area contributed by atoms with E-state index in [4.69, 9.17) is 23.2 Å². The minimum Gasteiger partial charge on any atom is -0.368 e. The van der Waals surface area contributed by atoms with Gasteiger partial charge in [-0.2, -0.15) is 0 Å². The largest absolute Gasteiger partial charge is 0.368 e. The second-order valence-electron chi connectivity index (χ2n) is 6.54. The van der Waals surface area contributed by atoms with Crippen molar-refractivity contribution >= 4 is 34.8 Å². The highest BCUT2D eigenvalue weighted by atomic mass is 35.5. The molecule has 0 N–H and O–H groups in total. The highest BCUT2D eigenvalue weighted by Gasteiger charge is 2.26. The fourth-order valence-corrected chi connectivity index (χ4v) is 3.94. The molecule has 3 rings (SSSR count). The smallest absolute Gasteiger partial charge is 0.222 e. The Hall–Kier alpha value is -0.970. The van der Waals surface area contributed by atoms with Crippen LogP contribution < -0.4 is 4.90 Å². The predicted molar refractivity (Wildman–Crippen MR) is 95.5 cm³/mol. The van der Waals surface area contributed by atoms with Gasteiger partial charge in [0, 0.05) is 52.7 Å². The number of carbonyl (C=O) groups is 1. The monoisotopic (exact) mass is 355 g/mol. The van der Waals surface area contributed by atoms with Crippen LogP contribution in [0.15, 0.2) is 18.2 Å². The molecule has 0 radical (unpaired) electrons. The normalized spacial score (nSPS) is 23.4. The summed E-state index contributed by atoms with van der Waals surface area (Å²) in [6.45, 7) is 5.94. The van der Waals surface area contributed by atoms with E-state index in [0.717, 1.165) is 51.4 Å². The summed E-state index contributed by atoms with van der Waals surface area (Å²) in [5, 5.41) is 1.26. The molecular formula is C17H23Cl2N3O. The molecule has 23 heavy (non-hydrogen) atoms. The SMILES string of the molecule is CN1CC(CN2CCN(c3cccc(Cl)c3Cl)CC2)CCC1=O. The molecule has 2 fully saturated rings. The average molecular weight is 356 g/mol. The Balaban J connectivity index is 1.52. The molecule has 2 heterocycles. The summed E-state index contributed by atoms with van der Waals surface area (Å²) in [6, 6.07) is 5.81. The van der Waals surface area contributed by atoms with Crippen molar-refractivity contribution in [1.29, 1.82) is 0 Å². The summed E-state index contributed by atoms with van der Waals surface area (Å²) in [7, 11) is 1.91. The number of nitrogens with zero attached hydrogens (tertiary/aromatic N) is 3. The van der Waals surface area contributed by atoms with Crippen molar-refractivity contribution < 1.29 is 4.79 Å². The summed E-state index contributed by atoms with van der Waals surface area (Å²) >= 11 is 12.4. The van der Waals surface area contributed by atoms with E-state index < -0.39 is 0 Å². The van der Waals surface area contributed by atoms with Gasteiger partial charge in [-0.15, -0.1) is 0 Å². The summed E-state index contributed by atoms with van der Waals surface area (Å²) in [5.41, 5.74) is 1.03. The lowest BCUT2D eigenvalue weighted by molar-refractivity contribution is -0.133. The Bertz CT molecular complexity index is 573. The molecule has 6 heteroatoms.